The Kier molecular flexibility index (Phi) is 5.36. The van der Waals surface area contributed by atoms with Crippen molar-refractivity contribution in [3.8, 4) is 0 Å². The van der Waals surface area contributed by atoms with E-state index in [0.717, 1.165) is 24.3 Å². The highest BCUT2D eigenvalue weighted by atomic mass is 14.9. The topological polar surface area (TPSA) is 24.7 Å². The van der Waals surface area contributed by atoms with Gasteiger partial charge in [0, 0.05) is 18.7 Å². The van der Waals surface area contributed by atoms with Crippen molar-refractivity contribution in [3.63, 3.8) is 0 Å². The zero-order valence-corrected chi connectivity index (χ0v) is 10.1. The zero-order valence-electron chi connectivity index (χ0n) is 10.1. The second-order valence-electron chi connectivity index (χ2n) is 3.92. The molecule has 0 unspecified atom stereocenters. The van der Waals surface area contributed by atoms with Crippen LogP contribution in [0.4, 0.5) is 0 Å². The van der Waals surface area contributed by atoms with Gasteiger partial charge in [0.1, 0.15) is 5.84 Å². The van der Waals surface area contributed by atoms with E-state index in [0.29, 0.717) is 0 Å². The summed E-state index contributed by atoms with van der Waals surface area (Å²) >= 11 is 0. The van der Waals surface area contributed by atoms with Gasteiger partial charge in [-0.2, -0.15) is 0 Å². The Hall–Kier alpha value is -0.920. The summed E-state index contributed by atoms with van der Waals surface area (Å²) in [5.41, 5.74) is 1.06. The summed E-state index contributed by atoms with van der Waals surface area (Å²) in [7, 11) is 1.80. The molecule has 0 rings (SSSR count). The zero-order chi connectivity index (χ0) is 11.2. The van der Waals surface area contributed by atoms with Crippen LogP contribution in [-0.4, -0.2) is 19.1 Å². The van der Waals surface area contributed by atoms with Gasteiger partial charge in [-0.1, -0.05) is 27.4 Å². The third-order valence-corrected chi connectivity index (χ3v) is 2.72. The number of amidine groups is 1. The average Bonchev–Trinajstić information content (AvgIpc) is 2.17. The Morgan fingerprint density at radius 1 is 1.36 bits per heavy atom. The summed E-state index contributed by atoms with van der Waals surface area (Å²) in [4.78, 5) is 8.63. The van der Waals surface area contributed by atoms with Crippen LogP contribution in [0.2, 0.25) is 0 Å². The first-order valence-corrected chi connectivity index (χ1v) is 5.17. The normalized spacial score (nSPS) is 13.6. The minimum absolute atomic E-state index is 0.0979. The van der Waals surface area contributed by atoms with E-state index >= 15 is 0 Å². The molecule has 0 amide bonds. The van der Waals surface area contributed by atoms with Crippen LogP contribution < -0.4 is 0 Å². The summed E-state index contributed by atoms with van der Waals surface area (Å²) in [6.45, 7) is 12.3. The van der Waals surface area contributed by atoms with Gasteiger partial charge in [0.15, 0.2) is 0 Å². The molecule has 0 radical (unpaired) electrons. The number of rotatable bonds is 4. The predicted molar refractivity (Wildman–Crippen MR) is 65.4 cm³/mol. The third-order valence-electron chi connectivity index (χ3n) is 2.72. The average molecular weight is 194 g/mol. The molecule has 80 valence electrons. The van der Waals surface area contributed by atoms with Crippen LogP contribution >= 0.6 is 0 Å². The van der Waals surface area contributed by atoms with Crippen LogP contribution in [0.1, 0.15) is 40.5 Å². The lowest BCUT2D eigenvalue weighted by Gasteiger charge is -2.25. The molecule has 0 atom stereocenters. The van der Waals surface area contributed by atoms with Gasteiger partial charge in [0.25, 0.3) is 0 Å². The van der Waals surface area contributed by atoms with E-state index in [1.54, 1.807) is 13.3 Å². The van der Waals surface area contributed by atoms with Crippen LogP contribution in [0.15, 0.2) is 22.1 Å². The molecule has 0 bridgehead atoms. The van der Waals surface area contributed by atoms with Crippen LogP contribution in [0.25, 0.3) is 0 Å². The third kappa shape index (κ3) is 3.44. The lowest BCUT2D eigenvalue weighted by molar-refractivity contribution is 0.429. The second-order valence-corrected chi connectivity index (χ2v) is 3.92. The minimum Gasteiger partial charge on any atom is -0.273 e. The van der Waals surface area contributed by atoms with Gasteiger partial charge >= 0.3 is 0 Å². The SMILES string of the molecule is C=C(C)/C=N\C(=N/C)C(C)(CC)CC. The van der Waals surface area contributed by atoms with Crippen molar-refractivity contribution in [3.05, 3.63) is 12.2 Å². The Bertz CT molecular complexity index is 245. The summed E-state index contributed by atoms with van der Waals surface area (Å²) < 4.78 is 0. The molecule has 0 spiro atoms. The van der Waals surface area contributed by atoms with Crippen molar-refractivity contribution in [2.75, 3.05) is 7.05 Å². The van der Waals surface area contributed by atoms with E-state index < -0.39 is 0 Å². The fraction of sp³-hybridized carbons (Fsp3) is 0.667. The van der Waals surface area contributed by atoms with E-state index in [-0.39, 0.29) is 5.41 Å². The minimum atomic E-state index is 0.0979. The van der Waals surface area contributed by atoms with E-state index in [1.807, 2.05) is 6.92 Å². The molecule has 0 fully saturated rings. The van der Waals surface area contributed by atoms with Gasteiger partial charge in [0.2, 0.25) is 0 Å². The first-order valence-electron chi connectivity index (χ1n) is 5.17. The fourth-order valence-electron chi connectivity index (χ4n) is 1.22. The van der Waals surface area contributed by atoms with E-state index in [1.165, 1.54) is 0 Å². The molecule has 0 N–H and O–H groups in total. The first-order chi connectivity index (χ1) is 6.50. The maximum atomic E-state index is 4.38. The molecule has 0 aromatic carbocycles. The van der Waals surface area contributed by atoms with Crippen molar-refractivity contribution in [2.45, 2.75) is 40.5 Å². The highest BCUT2D eigenvalue weighted by Gasteiger charge is 2.25. The summed E-state index contributed by atoms with van der Waals surface area (Å²) in [5.74, 6) is 0.922. The molecule has 0 aromatic heterocycles. The van der Waals surface area contributed by atoms with Crippen molar-refractivity contribution < 1.29 is 0 Å². The van der Waals surface area contributed by atoms with E-state index in [9.17, 15) is 0 Å². The number of allylic oxidation sites excluding steroid dienone is 1. The first kappa shape index (κ1) is 13.1. The summed E-state index contributed by atoms with van der Waals surface area (Å²) in [6.07, 6.45) is 3.90. The molecule has 14 heavy (non-hydrogen) atoms. The van der Waals surface area contributed by atoms with Gasteiger partial charge in [-0.25, -0.2) is 4.99 Å². The summed E-state index contributed by atoms with van der Waals surface area (Å²) in [6, 6.07) is 0. The molecule has 0 saturated heterocycles. The lowest BCUT2D eigenvalue weighted by atomic mass is 9.83. The molecular formula is C12H22N2. The number of hydrogen-bond donors (Lipinski definition) is 0. The fourth-order valence-corrected chi connectivity index (χ4v) is 1.22. The highest BCUT2D eigenvalue weighted by Crippen LogP contribution is 2.27. The van der Waals surface area contributed by atoms with Gasteiger partial charge in [-0.3, -0.25) is 4.99 Å². The van der Waals surface area contributed by atoms with Gasteiger partial charge in [0.05, 0.1) is 0 Å². The van der Waals surface area contributed by atoms with Gasteiger partial charge < -0.3 is 0 Å². The Morgan fingerprint density at radius 2 is 1.86 bits per heavy atom. The van der Waals surface area contributed by atoms with Crippen LogP contribution in [-0.2, 0) is 0 Å². The second kappa shape index (κ2) is 5.74. The molecular weight excluding hydrogens is 172 g/mol. The van der Waals surface area contributed by atoms with Gasteiger partial charge in [-0.05, 0) is 25.3 Å². The van der Waals surface area contributed by atoms with Gasteiger partial charge in [-0.15, -0.1) is 0 Å². The monoisotopic (exact) mass is 194 g/mol. The van der Waals surface area contributed by atoms with E-state index in [4.69, 9.17) is 0 Å². The molecule has 0 saturated carbocycles. The maximum Gasteiger partial charge on any atom is 0.128 e. The number of aliphatic imine (C=N–C) groups is 2. The van der Waals surface area contributed by atoms with Crippen molar-refractivity contribution in [1.29, 1.82) is 0 Å². The molecule has 0 aliphatic rings. The standard InChI is InChI=1S/C12H22N2/c1-7-12(5,8-2)11(13-6)14-9-10(3)4/h9H,3,7-8H2,1-2,4-6H3/b13-11-,14-9-. The molecule has 0 aliphatic heterocycles. The molecule has 0 aromatic rings. The van der Waals surface area contributed by atoms with Crippen molar-refractivity contribution in [1.82, 2.24) is 0 Å². The maximum absolute atomic E-state index is 4.38. The number of nitrogens with zero attached hydrogens (tertiary/aromatic N) is 2. The number of hydrogen-bond acceptors (Lipinski definition) is 1. The summed E-state index contributed by atoms with van der Waals surface area (Å²) in [5, 5.41) is 0. The highest BCUT2D eigenvalue weighted by molar-refractivity contribution is 5.97. The van der Waals surface area contributed by atoms with Crippen molar-refractivity contribution >= 4 is 12.1 Å². The Morgan fingerprint density at radius 3 is 2.14 bits per heavy atom. The largest absolute Gasteiger partial charge is 0.273 e. The lowest BCUT2D eigenvalue weighted by Crippen LogP contribution is -2.25. The molecule has 0 aliphatic carbocycles. The Balaban J connectivity index is 4.81. The van der Waals surface area contributed by atoms with Crippen LogP contribution in [0.5, 0.6) is 0 Å². The quantitative estimate of drug-likeness (QED) is 0.483. The van der Waals surface area contributed by atoms with E-state index in [2.05, 4.69) is 37.3 Å². The predicted octanol–water partition coefficient (Wildman–Crippen LogP) is 3.49. The Labute approximate surface area is 87.9 Å². The molecule has 2 heteroatoms. The van der Waals surface area contributed by atoms with Crippen LogP contribution in [0.3, 0.4) is 0 Å². The van der Waals surface area contributed by atoms with Crippen LogP contribution in [0, 0.1) is 5.41 Å². The smallest absolute Gasteiger partial charge is 0.128 e. The van der Waals surface area contributed by atoms with Crippen molar-refractivity contribution in [2.24, 2.45) is 15.4 Å². The molecule has 0 heterocycles. The molecule has 2 nitrogen and oxygen atoms in total.